The molecule has 0 bridgehead atoms. The summed E-state index contributed by atoms with van der Waals surface area (Å²) in [6.07, 6.45) is -3.29. The molecule has 2 heterocycles. The van der Waals surface area contributed by atoms with E-state index >= 15 is 0 Å². The van der Waals surface area contributed by atoms with Crippen LogP contribution in [0.3, 0.4) is 0 Å². The van der Waals surface area contributed by atoms with Gasteiger partial charge < -0.3 is 49.1 Å². The van der Waals surface area contributed by atoms with Crippen LogP contribution in [0.5, 0.6) is 11.5 Å². The van der Waals surface area contributed by atoms with E-state index in [0.717, 1.165) is 27.9 Å². The monoisotopic (exact) mass is 593 g/mol. The number of fused-ring (bicyclic) bond motifs is 1. The molecule has 3 N–H and O–H groups in total. The molecule has 2 aliphatic rings. The number of methoxy groups -OCH3 is 1. The predicted molar refractivity (Wildman–Crippen MR) is 139 cm³/mol. The molecule has 16 nitrogen and oxygen atoms in total. The molecule has 3 amide bonds. The Kier molecular flexibility index (Phi) is 10.5. The summed E-state index contributed by atoms with van der Waals surface area (Å²) in [5.74, 6) is -3.46. The Morgan fingerprint density at radius 1 is 0.929 bits per heavy atom. The Hall–Kier alpha value is -5.02. The van der Waals surface area contributed by atoms with Crippen molar-refractivity contribution in [2.75, 3.05) is 25.8 Å². The fourth-order valence-corrected chi connectivity index (χ4v) is 4.20. The molecule has 0 fully saturated rings. The molecular weight excluding hydrogens is 562 g/mol. The Bertz CT molecular complexity index is 1260. The van der Waals surface area contributed by atoms with Crippen LogP contribution in [0.4, 0.5) is 10.5 Å². The zero-order chi connectivity index (χ0) is 31.0. The van der Waals surface area contributed by atoms with E-state index in [1.54, 1.807) is 12.1 Å². The van der Waals surface area contributed by atoms with Crippen molar-refractivity contribution in [3.63, 3.8) is 0 Å². The fourth-order valence-electron chi connectivity index (χ4n) is 4.20. The van der Waals surface area contributed by atoms with Crippen LogP contribution in [0.2, 0.25) is 0 Å². The second-order valence-corrected chi connectivity index (χ2v) is 9.05. The number of carbonyl (C=O) groups is 6. The molecule has 16 heteroatoms. The number of hydrogen-bond donors (Lipinski definition) is 3. The molecule has 0 radical (unpaired) electrons. The highest BCUT2D eigenvalue weighted by atomic mass is 16.7. The molecule has 5 atom stereocenters. The minimum atomic E-state index is -1.56. The summed E-state index contributed by atoms with van der Waals surface area (Å²) in [6, 6.07) is 1.52. The van der Waals surface area contributed by atoms with Crippen LogP contribution in [-0.2, 0) is 47.7 Å². The normalized spacial score (nSPS) is 19.9. The van der Waals surface area contributed by atoms with Gasteiger partial charge in [0.1, 0.15) is 6.61 Å². The summed E-state index contributed by atoms with van der Waals surface area (Å²) in [4.78, 5) is 73.5. The standard InChI is InChI=1S/C26H31N3O13/c1-12(30)27-22-17(29-26(35)28-16-6-7-18-19(8-16)39-11-38-18)9-20(25(34)36-5)42-24(22)23(41-15(4)33)21(40-14(3)32)10-37-13(2)31/h6-9,17,21-24H,10-11H2,1-5H3,(H,27,30)(H2,28,29,35)/t17-,21+,22+,23+,24+/m0/s1. The first kappa shape index (κ1) is 31.5. The van der Waals surface area contributed by atoms with Crippen molar-refractivity contribution in [1.29, 1.82) is 0 Å². The van der Waals surface area contributed by atoms with E-state index in [9.17, 15) is 28.8 Å². The predicted octanol–water partition coefficient (Wildman–Crippen LogP) is 0.292. The second kappa shape index (κ2) is 14.0. The summed E-state index contributed by atoms with van der Waals surface area (Å²) in [5.41, 5.74) is 0.336. The number of benzene rings is 1. The number of esters is 4. The molecule has 228 valence electrons. The first-order valence-corrected chi connectivity index (χ1v) is 12.6. The Labute approximate surface area is 239 Å². The van der Waals surface area contributed by atoms with Crippen molar-refractivity contribution < 1.29 is 61.9 Å². The first-order valence-electron chi connectivity index (χ1n) is 12.6. The van der Waals surface area contributed by atoms with Gasteiger partial charge >= 0.3 is 29.9 Å². The highest BCUT2D eigenvalue weighted by Crippen LogP contribution is 2.34. The van der Waals surface area contributed by atoms with Gasteiger partial charge in [-0.05, 0) is 18.2 Å². The maximum atomic E-state index is 13.1. The van der Waals surface area contributed by atoms with Gasteiger partial charge in [0.05, 0.1) is 19.2 Å². The maximum Gasteiger partial charge on any atom is 0.373 e. The van der Waals surface area contributed by atoms with E-state index in [1.165, 1.54) is 19.1 Å². The third-order valence-electron chi connectivity index (χ3n) is 5.78. The minimum Gasteiger partial charge on any atom is -0.477 e. The van der Waals surface area contributed by atoms with Crippen LogP contribution in [0, 0.1) is 0 Å². The average Bonchev–Trinajstić information content (AvgIpc) is 3.37. The smallest absolute Gasteiger partial charge is 0.373 e. The quantitative estimate of drug-likeness (QED) is 0.247. The van der Waals surface area contributed by atoms with Crippen LogP contribution >= 0.6 is 0 Å². The van der Waals surface area contributed by atoms with Crippen molar-refractivity contribution in [1.82, 2.24) is 10.6 Å². The van der Waals surface area contributed by atoms with E-state index in [0.29, 0.717) is 17.2 Å². The van der Waals surface area contributed by atoms with Crippen molar-refractivity contribution in [3.8, 4) is 11.5 Å². The van der Waals surface area contributed by atoms with E-state index in [-0.39, 0.29) is 6.79 Å². The lowest BCUT2D eigenvalue weighted by Gasteiger charge is -2.41. The largest absolute Gasteiger partial charge is 0.477 e. The van der Waals surface area contributed by atoms with Gasteiger partial charge in [-0.1, -0.05) is 0 Å². The second-order valence-electron chi connectivity index (χ2n) is 9.05. The van der Waals surface area contributed by atoms with Gasteiger partial charge in [0.25, 0.3) is 0 Å². The molecule has 3 rings (SSSR count). The summed E-state index contributed by atoms with van der Waals surface area (Å²) in [7, 11) is 1.09. The summed E-state index contributed by atoms with van der Waals surface area (Å²) in [5, 5.41) is 7.86. The number of nitrogens with one attached hydrogen (secondary N) is 3. The molecular formula is C26H31N3O13. The van der Waals surface area contributed by atoms with Gasteiger partial charge in [-0.2, -0.15) is 0 Å². The van der Waals surface area contributed by atoms with E-state index < -0.39 is 78.6 Å². The van der Waals surface area contributed by atoms with E-state index in [1.807, 2.05) is 0 Å². The zero-order valence-corrected chi connectivity index (χ0v) is 23.4. The van der Waals surface area contributed by atoms with E-state index in [4.69, 9.17) is 33.2 Å². The van der Waals surface area contributed by atoms with Gasteiger partial charge in [0, 0.05) is 39.4 Å². The Morgan fingerprint density at radius 2 is 1.62 bits per heavy atom. The lowest BCUT2D eigenvalue weighted by atomic mass is 9.91. The number of urea groups is 1. The molecule has 0 spiro atoms. The van der Waals surface area contributed by atoms with Gasteiger partial charge in [0.15, 0.2) is 29.8 Å². The minimum absolute atomic E-state index is 0.0310. The van der Waals surface area contributed by atoms with Gasteiger partial charge in [-0.3, -0.25) is 19.2 Å². The average molecular weight is 594 g/mol. The first-order chi connectivity index (χ1) is 19.9. The number of rotatable bonds is 10. The molecule has 0 saturated heterocycles. The van der Waals surface area contributed by atoms with Crippen LogP contribution in [-0.4, -0.2) is 86.7 Å². The van der Waals surface area contributed by atoms with Gasteiger partial charge in [-0.25, -0.2) is 9.59 Å². The molecule has 0 unspecified atom stereocenters. The van der Waals surface area contributed by atoms with Gasteiger partial charge in [0.2, 0.25) is 18.5 Å². The third kappa shape index (κ3) is 8.49. The summed E-state index contributed by atoms with van der Waals surface area (Å²) >= 11 is 0. The Balaban J connectivity index is 1.99. The lowest BCUT2D eigenvalue weighted by molar-refractivity contribution is -0.188. The number of ether oxygens (including phenoxy) is 7. The van der Waals surface area contributed by atoms with Crippen LogP contribution in [0.15, 0.2) is 30.0 Å². The number of carbonyl (C=O) groups excluding carboxylic acids is 6. The van der Waals surface area contributed by atoms with Crippen molar-refractivity contribution in [2.24, 2.45) is 0 Å². The third-order valence-corrected chi connectivity index (χ3v) is 5.78. The molecule has 0 aliphatic carbocycles. The number of amides is 3. The summed E-state index contributed by atoms with van der Waals surface area (Å²) < 4.78 is 36.9. The SMILES string of the molecule is COC(=O)C1=C[C@H](NC(=O)Nc2ccc3c(c2)OCO3)[C@@H](NC(C)=O)[C@H]([C@H](OC(C)=O)[C@@H](COC(C)=O)OC(C)=O)O1. The highest BCUT2D eigenvalue weighted by molar-refractivity contribution is 5.91. The van der Waals surface area contributed by atoms with Crippen LogP contribution in [0.1, 0.15) is 27.7 Å². The number of anilines is 1. The van der Waals surface area contributed by atoms with Crippen molar-refractivity contribution in [3.05, 3.63) is 30.0 Å². The number of hydrogen-bond acceptors (Lipinski definition) is 13. The van der Waals surface area contributed by atoms with Gasteiger partial charge in [-0.15, -0.1) is 0 Å². The highest BCUT2D eigenvalue weighted by Gasteiger charge is 2.48. The summed E-state index contributed by atoms with van der Waals surface area (Å²) in [6.45, 7) is 3.89. The van der Waals surface area contributed by atoms with Crippen molar-refractivity contribution in [2.45, 2.75) is 58.1 Å². The topological polar surface area (TPSA) is 203 Å². The van der Waals surface area contributed by atoms with E-state index in [2.05, 4.69) is 16.0 Å². The maximum absolute atomic E-state index is 13.1. The molecule has 0 saturated carbocycles. The zero-order valence-electron chi connectivity index (χ0n) is 23.4. The molecule has 2 aliphatic heterocycles. The molecule has 1 aromatic rings. The van der Waals surface area contributed by atoms with Crippen LogP contribution in [0.25, 0.3) is 0 Å². The van der Waals surface area contributed by atoms with Crippen molar-refractivity contribution >= 4 is 41.5 Å². The molecule has 1 aromatic carbocycles. The molecule has 0 aromatic heterocycles. The fraction of sp³-hybridized carbons (Fsp3) is 0.462. The van der Waals surface area contributed by atoms with Crippen LogP contribution < -0.4 is 25.4 Å². The molecule has 42 heavy (non-hydrogen) atoms. The lowest BCUT2D eigenvalue weighted by Crippen LogP contribution is -2.64. The Morgan fingerprint density at radius 3 is 2.24 bits per heavy atom.